The largest absolute Gasteiger partial charge is 0.336 e. The number of amides is 2. The summed E-state index contributed by atoms with van der Waals surface area (Å²) < 4.78 is 0.710. The Balaban J connectivity index is 1.54. The van der Waals surface area contributed by atoms with E-state index in [2.05, 4.69) is 26.2 Å². The van der Waals surface area contributed by atoms with Crippen LogP contribution in [0.3, 0.4) is 0 Å². The summed E-state index contributed by atoms with van der Waals surface area (Å²) in [6.45, 7) is 6.60. The van der Waals surface area contributed by atoms with Gasteiger partial charge in [0.05, 0.1) is 12.1 Å². The summed E-state index contributed by atoms with van der Waals surface area (Å²) in [6, 6.07) is 7.62. The molecule has 1 aromatic carbocycles. The lowest BCUT2D eigenvalue weighted by molar-refractivity contribution is -0.117. The summed E-state index contributed by atoms with van der Waals surface area (Å²) in [5.74, 6) is -0.185. The number of carbonyl (C=O) groups is 2. The van der Waals surface area contributed by atoms with Crippen molar-refractivity contribution in [2.75, 3.05) is 38.0 Å². The predicted molar refractivity (Wildman–Crippen MR) is 114 cm³/mol. The Morgan fingerprint density at radius 3 is 2.46 bits per heavy atom. The highest BCUT2D eigenvalue weighted by molar-refractivity contribution is 9.10. The zero-order chi connectivity index (χ0) is 20.3. The van der Waals surface area contributed by atoms with Gasteiger partial charge in [-0.25, -0.2) is 4.98 Å². The van der Waals surface area contributed by atoms with Crippen molar-refractivity contribution >= 4 is 45.0 Å². The number of anilines is 1. The van der Waals surface area contributed by atoms with Gasteiger partial charge in [-0.1, -0.05) is 29.8 Å². The highest BCUT2D eigenvalue weighted by Gasteiger charge is 2.25. The van der Waals surface area contributed by atoms with E-state index in [1.807, 2.05) is 36.9 Å². The van der Waals surface area contributed by atoms with E-state index >= 15 is 0 Å². The second kappa shape index (κ2) is 9.03. The van der Waals surface area contributed by atoms with Crippen molar-refractivity contribution in [3.8, 4) is 0 Å². The number of pyridine rings is 1. The zero-order valence-electron chi connectivity index (χ0n) is 15.8. The van der Waals surface area contributed by atoms with Crippen LogP contribution >= 0.6 is 27.5 Å². The maximum Gasteiger partial charge on any atom is 0.257 e. The Hall–Kier alpha value is -1.96. The summed E-state index contributed by atoms with van der Waals surface area (Å²) >= 11 is 9.39. The van der Waals surface area contributed by atoms with E-state index < -0.39 is 0 Å². The number of halogens is 2. The predicted octanol–water partition coefficient (Wildman–Crippen LogP) is 3.51. The van der Waals surface area contributed by atoms with Gasteiger partial charge in [-0.15, -0.1) is 0 Å². The Morgan fingerprint density at radius 2 is 1.82 bits per heavy atom. The molecule has 1 N–H and O–H groups in total. The van der Waals surface area contributed by atoms with E-state index in [9.17, 15) is 9.59 Å². The van der Waals surface area contributed by atoms with Gasteiger partial charge < -0.3 is 10.2 Å². The molecule has 2 heterocycles. The van der Waals surface area contributed by atoms with Crippen LogP contribution in [0.4, 0.5) is 5.69 Å². The van der Waals surface area contributed by atoms with Gasteiger partial charge in [0, 0.05) is 42.5 Å². The van der Waals surface area contributed by atoms with E-state index in [-0.39, 0.29) is 17.0 Å². The van der Waals surface area contributed by atoms with Crippen molar-refractivity contribution in [2.45, 2.75) is 13.8 Å². The fourth-order valence-corrected chi connectivity index (χ4v) is 3.76. The summed E-state index contributed by atoms with van der Waals surface area (Å²) in [4.78, 5) is 32.9. The number of benzene rings is 1. The molecule has 1 aliphatic heterocycles. The molecular weight excluding hydrogens is 444 g/mol. The van der Waals surface area contributed by atoms with Gasteiger partial charge in [0.2, 0.25) is 5.91 Å². The van der Waals surface area contributed by atoms with Crippen LogP contribution in [0.25, 0.3) is 0 Å². The molecule has 6 nitrogen and oxygen atoms in total. The van der Waals surface area contributed by atoms with Crippen molar-refractivity contribution in [1.29, 1.82) is 0 Å². The molecule has 148 valence electrons. The molecule has 28 heavy (non-hydrogen) atoms. The molecule has 1 aromatic heterocycles. The Morgan fingerprint density at radius 1 is 1.18 bits per heavy atom. The molecule has 3 rings (SSSR count). The molecule has 0 spiro atoms. The van der Waals surface area contributed by atoms with Crippen LogP contribution in [0.15, 0.2) is 34.9 Å². The first-order valence-electron chi connectivity index (χ1n) is 9.04. The van der Waals surface area contributed by atoms with Crippen molar-refractivity contribution in [2.24, 2.45) is 0 Å². The lowest BCUT2D eigenvalue weighted by atomic mass is 10.1. The van der Waals surface area contributed by atoms with Gasteiger partial charge in [-0.2, -0.15) is 0 Å². The molecule has 1 saturated heterocycles. The monoisotopic (exact) mass is 464 g/mol. The van der Waals surface area contributed by atoms with Crippen LogP contribution in [0.1, 0.15) is 21.5 Å². The average Bonchev–Trinajstić information content (AvgIpc) is 2.67. The fraction of sp³-hybridized carbons (Fsp3) is 0.350. The van der Waals surface area contributed by atoms with Gasteiger partial charge in [-0.05, 0) is 47.0 Å². The second-order valence-corrected chi connectivity index (χ2v) is 8.15. The maximum absolute atomic E-state index is 12.7. The number of nitrogens with one attached hydrogen (secondary N) is 1. The Bertz CT molecular complexity index is 878. The van der Waals surface area contributed by atoms with Gasteiger partial charge >= 0.3 is 0 Å². The molecule has 1 fully saturated rings. The van der Waals surface area contributed by atoms with E-state index in [1.54, 1.807) is 17.2 Å². The molecule has 0 atom stereocenters. The third-order valence-electron chi connectivity index (χ3n) is 4.81. The third kappa shape index (κ3) is 4.90. The van der Waals surface area contributed by atoms with Crippen LogP contribution < -0.4 is 5.32 Å². The number of aromatic nitrogens is 1. The Labute approximate surface area is 178 Å². The van der Waals surface area contributed by atoms with Gasteiger partial charge in [0.15, 0.2) is 0 Å². The molecule has 0 saturated carbocycles. The van der Waals surface area contributed by atoms with E-state index in [0.717, 1.165) is 16.8 Å². The lowest BCUT2D eigenvalue weighted by Gasteiger charge is -2.34. The van der Waals surface area contributed by atoms with Crippen LogP contribution in [-0.4, -0.2) is 59.3 Å². The number of carbonyl (C=O) groups excluding carboxylic acids is 2. The van der Waals surface area contributed by atoms with Crippen molar-refractivity contribution in [3.63, 3.8) is 0 Å². The fourth-order valence-electron chi connectivity index (χ4n) is 3.25. The average molecular weight is 466 g/mol. The molecule has 1 aliphatic rings. The van der Waals surface area contributed by atoms with E-state index in [1.165, 1.54) is 0 Å². The number of hydrogen-bond acceptors (Lipinski definition) is 4. The third-order valence-corrected chi connectivity index (χ3v) is 5.54. The first-order valence-corrected chi connectivity index (χ1v) is 10.2. The standard InChI is InChI=1S/C20H22BrClN4O2/c1-13-4-3-5-14(2)18(13)24-17(27)12-25-6-8-26(9-7-25)20(28)16-10-15(21)11-23-19(16)22/h3-5,10-11H,6-9,12H2,1-2H3,(H,24,27). The molecule has 0 aliphatic carbocycles. The first kappa shape index (κ1) is 20.8. The normalized spacial score (nSPS) is 14.8. The van der Waals surface area contributed by atoms with Crippen molar-refractivity contribution in [1.82, 2.24) is 14.8 Å². The summed E-state index contributed by atoms with van der Waals surface area (Å²) in [5.41, 5.74) is 3.35. The minimum Gasteiger partial charge on any atom is -0.336 e. The number of para-hydroxylation sites is 1. The molecule has 0 unspecified atom stereocenters. The number of aryl methyl sites for hydroxylation is 2. The summed E-state index contributed by atoms with van der Waals surface area (Å²) in [5, 5.41) is 3.21. The van der Waals surface area contributed by atoms with Gasteiger partial charge in [-0.3, -0.25) is 14.5 Å². The number of nitrogens with zero attached hydrogens (tertiary/aromatic N) is 3. The van der Waals surface area contributed by atoms with Crippen LogP contribution in [0, 0.1) is 13.8 Å². The summed E-state index contributed by atoms with van der Waals surface area (Å²) in [7, 11) is 0. The second-order valence-electron chi connectivity index (χ2n) is 6.88. The highest BCUT2D eigenvalue weighted by atomic mass is 79.9. The van der Waals surface area contributed by atoms with Gasteiger partial charge in [0.25, 0.3) is 5.91 Å². The molecular formula is C20H22BrClN4O2. The highest BCUT2D eigenvalue weighted by Crippen LogP contribution is 2.21. The lowest BCUT2D eigenvalue weighted by Crippen LogP contribution is -2.50. The molecule has 2 aromatic rings. The minimum absolute atomic E-state index is 0.0450. The van der Waals surface area contributed by atoms with Crippen LogP contribution in [0.5, 0.6) is 0 Å². The molecule has 0 radical (unpaired) electrons. The van der Waals surface area contributed by atoms with Crippen molar-refractivity contribution < 1.29 is 9.59 Å². The van der Waals surface area contributed by atoms with E-state index in [4.69, 9.17) is 11.6 Å². The summed E-state index contributed by atoms with van der Waals surface area (Å²) in [6.07, 6.45) is 1.56. The SMILES string of the molecule is Cc1cccc(C)c1NC(=O)CN1CCN(C(=O)c2cc(Br)cnc2Cl)CC1. The smallest absolute Gasteiger partial charge is 0.257 e. The minimum atomic E-state index is -0.140. The number of piperazine rings is 1. The molecule has 2 amide bonds. The Kier molecular flexibility index (Phi) is 6.69. The number of hydrogen-bond donors (Lipinski definition) is 1. The van der Waals surface area contributed by atoms with Crippen LogP contribution in [0.2, 0.25) is 5.15 Å². The van der Waals surface area contributed by atoms with E-state index in [0.29, 0.717) is 42.8 Å². The first-order chi connectivity index (χ1) is 13.3. The molecule has 0 bridgehead atoms. The van der Waals surface area contributed by atoms with Crippen LogP contribution in [-0.2, 0) is 4.79 Å². The zero-order valence-corrected chi connectivity index (χ0v) is 18.2. The quantitative estimate of drug-likeness (QED) is 0.702. The van der Waals surface area contributed by atoms with Gasteiger partial charge in [0.1, 0.15) is 5.15 Å². The molecule has 8 heteroatoms. The number of rotatable bonds is 4. The van der Waals surface area contributed by atoms with Crippen molar-refractivity contribution in [3.05, 3.63) is 56.8 Å². The topological polar surface area (TPSA) is 65.5 Å². The maximum atomic E-state index is 12.7.